The number of aromatic nitrogens is 4. The molecule has 0 bridgehead atoms. The summed E-state index contributed by atoms with van der Waals surface area (Å²) in [7, 11) is 0. The number of amides is 1. The molecule has 1 aliphatic heterocycles. The molecule has 2 aromatic carbocycles. The van der Waals surface area contributed by atoms with Crippen LogP contribution in [0.4, 0.5) is 4.39 Å². The monoisotopic (exact) mass is 424 g/mol. The molecule has 0 spiro atoms. The van der Waals surface area contributed by atoms with Gasteiger partial charge in [-0.15, -0.1) is 5.10 Å². The van der Waals surface area contributed by atoms with Crippen LogP contribution in [0, 0.1) is 5.82 Å². The second kappa shape index (κ2) is 9.65. The Morgan fingerprint density at radius 2 is 1.74 bits per heavy atom. The number of piperazine rings is 1. The first kappa shape index (κ1) is 20.9. The van der Waals surface area contributed by atoms with Gasteiger partial charge in [0.1, 0.15) is 11.6 Å². The maximum atomic E-state index is 13.0. The molecule has 4 rings (SSSR count). The minimum Gasteiger partial charge on any atom is -0.494 e. The van der Waals surface area contributed by atoms with Gasteiger partial charge < -0.3 is 9.64 Å². The van der Waals surface area contributed by atoms with Crippen LogP contribution < -0.4 is 4.74 Å². The maximum absolute atomic E-state index is 13.0. The summed E-state index contributed by atoms with van der Waals surface area (Å²) < 4.78 is 20.2. The van der Waals surface area contributed by atoms with E-state index in [1.54, 1.807) is 16.8 Å². The summed E-state index contributed by atoms with van der Waals surface area (Å²) in [6, 6.07) is 13.7. The van der Waals surface area contributed by atoms with Crippen molar-refractivity contribution >= 4 is 5.91 Å². The Balaban J connectivity index is 1.32. The van der Waals surface area contributed by atoms with E-state index in [9.17, 15) is 9.18 Å². The van der Waals surface area contributed by atoms with Crippen LogP contribution in [-0.2, 0) is 17.8 Å². The minimum atomic E-state index is -0.294. The molecule has 0 atom stereocenters. The molecule has 0 N–H and O–H groups in total. The van der Waals surface area contributed by atoms with Crippen LogP contribution in [0.15, 0.2) is 48.5 Å². The van der Waals surface area contributed by atoms with E-state index in [2.05, 4.69) is 20.4 Å². The van der Waals surface area contributed by atoms with Crippen molar-refractivity contribution in [2.24, 2.45) is 0 Å². The number of hydrogen-bond donors (Lipinski definition) is 0. The van der Waals surface area contributed by atoms with E-state index in [1.165, 1.54) is 12.1 Å². The fourth-order valence-electron chi connectivity index (χ4n) is 3.60. The molecular weight excluding hydrogens is 399 g/mol. The average Bonchev–Trinajstić information content (AvgIpc) is 3.25. The number of carbonyl (C=O) groups excluding carboxylic acids is 1. The number of hydrogen-bond acceptors (Lipinski definition) is 6. The highest BCUT2D eigenvalue weighted by Gasteiger charge is 2.23. The highest BCUT2D eigenvalue weighted by Crippen LogP contribution is 2.17. The molecule has 1 aliphatic rings. The zero-order chi connectivity index (χ0) is 21.6. The quantitative estimate of drug-likeness (QED) is 0.578. The number of benzene rings is 2. The molecule has 8 nitrogen and oxygen atoms in total. The SMILES string of the molecule is CCOc1ccc(-n2nnnc2CN2CCN(C(=O)Cc3ccc(F)cc3)CC2)cc1. The van der Waals surface area contributed by atoms with E-state index < -0.39 is 0 Å². The Kier molecular flexibility index (Phi) is 6.51. The Bertz CT molecular complexity index is 998. The first-order valence-corrected chi connectivity index (χ1v) is 10.4. The summed E-state index contributed by atoms with van der Waals surface area (Å²) in [5.74, 6) is 1.32. The van der Waals surface area contributed by atoms with Gasteiger partial charge >= 0.3 is 0 Å². The van der Waals surface area contributed by atoms with Gasteiger partial charge in [-0.05, 0) is 59.3 Å². The predicted molar refractivity (Wildman–Crippen MR) is 112 cm³/mol. The molecular formula is C22H25FN6O2. The standard InChI is InChI=1S/C22H25FN6O2/c1-2-31-20-9-7-19(8-10-20)29-21(24-25-26-29)16-27-11-13-28(14-12-27)22(30)15-17-3-5-18(23)6-4-17/h3-10H,2,11-16H2,1H3. The van der Waals surface area contributed by atoms with E-state index in [4.69, 9.17) is 4.74 Å². The number of ether oxygens (including phenoxy) is 1. The predicted octanol–water partition coefficient (Wildman–Crippen LogP) is 2.09. The van der Waals surface area contributed by atoms with Crippen LogP contribution in [-0.4, -0.2) is 68.7 Å². The summed E-state index contributed by atoms with van der Waals surface area (Å²) in [5.41, 5.74) is 1.69. The highest BCUT2D eigenvalue weighted by atomic mass is 19.1. The number of carbonyl (C=O) groups is 1. The summed E-state index contributed by atoms with van der Waals surface area (Å²) in [4.78, 5) is 16.6. The van der Waals surface area contributed by atoms with Crippen molar-refractivity contribution in [3.8, 4) is 11.4 Å². The van der Waals surface area contributed by atoms with Gasteiger partial charge in [-0.25, -0.2) is 4.39 Å². The van der Waals surface area contributed by atoms with Crippen molar-refractivity contribution in [2.45, 2.75) is 19.9 Å². The maximum Gasteiger partial charge on any atom is 0.227 e. The molecule has 162 valence electrons. The summed E-state index contributed by atoms with van der Waals surface area (Å²) in [5, 5.41) is 12.1. The fourth-order valence-corrected chi connectivity index (χ4v) is 3.60. The molecule has 31 heavy (non-hydrogen) atoms. The number of tetrazole rings is 1. The third-order valence-electron chi connectivity index (χ3n) is 5.29. The van der Waals surface area contributed by atoms with Gasteiger partial charge in [0.25, 0.3) is 0 Å². The number of rotatable bonds is 7. The van der Waals surface area contributed by atoms with Crippen LogP contribution in [0.2, 0.25) is 0 Å². The molecule has 9 heteroatoms. The van der Waals surface area contributed by atoms with Crippen molar-refractivity contribution in [2.75, 3.05) is 32.8 Å². The number of halogens is 1. The normalized spacial score (nSPS) is 14.6. The summed E-state index contributed by atoms with van der Waals surface area (Å²) in [6.45, 7) is 5.93. The highest BCUT2D eigenvalue weighted by molar-refractivity contribution is 5.78. The molecule has 0 saturated carbocycles. The van der Waals surface area contributed by atoms with Crippen LogP contribution in [0.3, 0.4) is 0 Å². The van der Waals surface area contributed by atoms with Crippen LogP contribution >= 0.6 is 0 Å². The van der Waals surface area contributed by atoms with Crippen molar-refractivity contribution < 1.29 is 13.9 Å². The van der Waals surface area contributed by atoms with Crippen LogP contribution in [0.5, 0.6) is 5.75 Å². The van der Waals surface area contributed by atoms with E-state index in [-0.39, 0.29) is 18.1 Å². The number of nitrogens with zero attached hydrogens (tertiary/aromatic N) is 6. The third-order valence-corrected chi connectivity index (χ3v) is 5.29. The van der Waals surface area contributed by atoms with Crippen molar-refractivity contribution in [3.05, 3.63) is 65.7 Å². The molecule has 0 aliphatic carbocycles. The van der Waals surface area contributed by atoms with E-state index in [0.717, 1.165) is 35.9 Å². The van der Waals surface area contributed by atoms with Gasteiger partial charge in [0.05, 0.1) is 25.3 Å². The van der Waals surface area contributed by atoms with Crippen LogP contribution in [0.1, 0.15) is 18.3 Å². The van der Waals surface area contributed by atoms with Gasteiger partial charge in [0.15, 0.2) is 5.82 Å². The lowest BCUT2D eigenvalue weighted by molar-refractivity contribution is -0.132. The molecule has 1 saturated heterocycles. The third kappa shape index (κ3) is 5.24. The minimum absolute atomic E-state index is 0.0606. The lowest BCUT2D eigenvalue weighted by Gasteiger charge is -2.34. The molecule has 1 aromatic heterocycles. The zero-order valence-electron chi connectivity index (χ0n) is 17.4. The second-order valence-electron chi connectivity index (χ2n) is 7.39. The Labute approximate surface area is 180 Å². The summed E-state index contributed by atoms with van der Waals surface area (Å²) in [6.07, 6.45) is 0.288. The van der Waals surface area contributed by atoms with Crippen molar-refractivity contribution in [1.29, 1.82) is 0 Å². The first-order chi connectivity index (χ1) is 15.1. The Hall–Kier alpha value is -3.33. The molecule has 3 aromatic rings. The fraction of sp³-hybridized carbons (Fsp3) is 0.364. The lowest BCUT2D eigenvalue weighted by Crippen LogP contribution is -2.48. The Morgan fingerprint density at radius 3 is 2.42 bits per heavy atom. The van der Waals surface area contributed by atoms with E-state index in [1.807, 2.05) is 36.1 Å². The zero-order valence-corrected chi connectivity index (χ0v) is 17.4. The van der Waals surface area contributed by atoms with Crippen molar-refractivity contribution in [1.82, 2.24) is 30.0 Å². The lowest BCUT2D eigenvalue weighted by atomic mass is 10.1. The van der Waals surface area contributed by atoms with E-state index >= 15 is 0 Å². The van der Waals surface area contributed by atoms with Gasteiger partial charge in [-0.3, -0.25) is 9.69 Å². The largest absolute Gasteiger partial charge is 0.494 e. The van der Waals surface area contributed by atoms with Crippen LogP contribution in [0.25, 0.3) is 5.69 Å². The molecule has 1 amide bonds. The van der Waals surface area contributed by atoms with Crippen molar-refractivity contribution in [3.63, 3.8) is 0 Å². The Morgan fingerprint density at radius 1 is 1.03 bits per heavy atom. The van der Waals surface area contributed by atoms with Gasteiger partial charge in [-0.1, -0.05) is 12.1 Å². The van der Waals surface area contributed by atoms with Gasteiger partial charge in [-0.2, -0.15) is 4.68 Å². The molecule has 0 unspecified atom stereocenters. The van der Waals surface area contributed by atoms with Gasteiger partial charge in [0, 0.05) is 26.2 Å². The molecule has 2 heterocycles. The molecule has 0 radical (unpaired) electrons. The smallest absolute Gasteiger partial charge is 0.227 e. The topological polar surface area (TPSA) is 76.4 Å². The molecule has 1 fully saturated rings. The van der Waals surface area contributed by atoms with Gasteiger partial charge in [0.2, 0.25) is 5.91 Å². The van der Waals surface area contributed by atoms with E-state index in [0.29, 0.717) is 26.2 Å². The first-order valence-electron chi connectivity index (χ1n) is 10.4. The second-order valence-corrected chi connectivity index (χ2v) is 7.39. The average molecular weight is 424 g/mol. The summed E-state index contributed by atoms with van der Waals surface area (Å²) >= 11 is 0.